The Morgan fingerprint density at radius 1 is 0.786 bits per heavy atom. The maximum absolute atomic E-state index is 13.4. The van der Waals surface area contributed by atoms with Gasteiger partial charge in [0.15, 0.2) is 12.2 Å². The Bertz CT molecular complexity index is 1540. The van der Waals surface area contributed by atoms with Gasteiger partial charge in [0.25, 0.3) is 0 Å². The molecule has 1 saturated heterocycles. The van der Waals surface area contributed by atoms with E-state index in [1.165, 1.54) is 11.8 Å². The fourth-order valence-corrected chi connectivity index (χ4v) is 6.10. The second-order valence-electron chi connectivity index (χ2n) is 9.76. The third kappa shape index (κ3) is 7.13. The van der Waals surface area contributed by atoms with Crippen LogP contribution in [0, 0.1) is 0 Å². The maximum atomic E-state index is 13.4. The van der Waals surface area contributed by atoms with Gasteiger partial charge in [-0.05, 0) is 64.5 Å². The molecule has 0 saturated carbocycles. The van der Waals surface area contributed by atoms with Crippen LogP contribution in [0.4, 0.5) is 5.69 Å². The quantitative estimate of drug-likeness (QED) is 0.158. The summed E-state index contributed by atoms with van der Waals surface area (Å²) in [5.74, 6) is -0.552. The zero-order valence-corrected chi connectivity index (χ0v) is 24.4. The van der Waals surface area contributed by atoms with Gasteiger partial charge in [-0.2, -0.15) is 0 Å². The number of fused-ring (bicyclic) bond motifs is 1. The van der Waals surface area contributed by atoms with E-state index in [9.17, 15) is 14.4 Å². The molecule has 0 aromatic heterocycles. The Morgan fingerprint density at radius 2 is 1.36 bits per heavy atom. The summed E-state index contributed by atoms with van der Waals surface area (Å²) in [7, 11) is 0. The van der Waals surface area contributed by atoms with Crippen molar-refractivity contribution in [3.63, 3.8) is 0 Å². The summed E-state index contributed by atoms with van der Waals surface area (Å²) in [5, 5.41) is 4.94. The van der Waals surface area contributed by atoms with Gasteiger partial charge >= 0.3 is 11.9 Å². The predicted octanol–water partition coefficient (Wildman–Crippen LogP) is 6.71. The van der Waals surface area contributed by atoms with E-state index in [1.807, 2.05) is 49.4 Å². The molecular weight excluding hydrogens is 574 g/mol. The highest BCUT2D eigenvalue weighted by molar-refractivity contribution is 7.99. The van der Waals surface area contributed by atoms with Crippen LogP contribution in [-0.2, 0) is 19.0 Å². The minimum absolute atomic E-state index is 0.239. The molecule has 0 bridgehead atoms. The largest absolute Gasteiger partial charge is 0.452 e. The van der Waals surface area contributed by atoms with Crippen molar-refractivity contribution < 1.29 is 28.6 Å². The molecule has 1 aliphatic heterocycles. The number of esters is 2. The summed E-state index contributed by atoms with van der Waals surface area (Å²) < 4.78 is 18.6. The molecule has 42 heavy (non-hydrogen) atoms. The standard InChI is InChI=1S/C33H30ClNO6S/c1-2-42-33-28(35-25-18-17-21-11-9-10-16-24(21)19-25)30(41-32(38)23-14-7-4-8-15-23)29(26(39-33)20-27(34)36)40-31(37)22-12-5-3-6-13-22/h3-19,26,28-30,33,35H,2,20H2,1H3/t26-,28-,29-,30+,33+/m1/s1. The number of anilines is 1. The van der Waals surface area contributed by atoms with Gasteiger partial charge in [0.05, 0.1) is 17.5 Å². The lowest BCUT2D eigenvalue weighted by atomic mass is 9.94. The minimum atomic E-state index is -1.14. The molecule has 1 N–H and O–H groups in total. The lowest BCUT2D eigenvalue weighted by molar-refractivity contribution is -0.159. The molecule has 4 aromatic rings. The highest BCUT2D eigenvalue weighted by Crippen LogP contribution is 2.36. The summed E-state index contributed by atoms with van der Waals surface area (Å²) in [6.45, 7) is 1.98. The summed E-state index contributed by atoms with van der Waals surface area (Å²) >= 11 is 7.32. The Morgan fingerprint density at radius 3 is 1.95 bits per heavy atom. The van der Waals surface area contributed by atoms with Crippen molar-refractivity contribution in [1.82, 2.24) is 0 Å². The number of hydrogen-bond acceptors (Lipinski definition) is 8. The molecule has 0 spiro atoms. The van der Waals surface area contributed by atoms with E-state index in [0.29, 0.717) is 16.9 Å². The molecule has 4 aromatic carbocycles. The zero-order valence-electron chi connectivity index (χ0n) is 22.9. The molecule has 5 atom stereocenters. The average Bonchev–Trinajstić information content (AvgIpc) is 3.01. The first kappa shape index (κ1) is 29.6. The van der Waals surface area contributed by atoms with E-state index in [-0.39, 0.29) is 6.42 Å². The third-order valence-corrected chi connectivity index (χ3v) is 8.15. The third-order valence-electron chi connectivity index (χ3n) is 6.93. The van der Waals surface area contributed by atoms with Crippen LogP contribution in [0.3, 0.4) is 0 Å². The molecule has 0 amide bonds. The van der Waals surface area contributed by atoms with Crippen molar-refractivity contribution in [3.05, 3.63) is 114 Å². The van der Waals surface area contributed by atoms with Gasteiger partial charge in [0.1, 0.15) is 17.6 Å². The SMILES string of the molecule is CCS[C@@H]1O[C@H](CC(=O)Cl)[C@@H](OC(=O)c2ccccc2)[C@@H](OC(=O)c2ccccc2)[C@H]1Nc1ccc2ccccc2c1. The molecule has 0 aliphatic carbocycles. The summed E-state index contributed by atoms with van der Waals surface area (Å²) in [6, 6.07) is 30.3. The Labute approximate surface area is 253 Å². The van der Waals surface area contributed by atoms with Crippen LogP contribution in [0.25, 0.3) is 10.8 Å². The van der Waals surface area contributed by atoms with E-state index in [0.717, 1.165) is 16.5 Å². The number of hydrogen-bond donors (Lipinski definition) is 1. The average molecular weight is 604 g/mol. The molecule has 1 aliphatic rings. The van der Waals surface area contributed by atoms with E-state index < -0.39 is 47.0 Å². The number of carbonyl (C=O) groups excluding carboxylic acids is 3. The number of nitrogens with one attached hydrogen (secondary N) is 1. The van der Waals surface area contributed by atoms with Gasteiger partial charge in [0, 0.05) is 5.69 Å². The molecular formula is C33H30ClNO6S. The van der Waals surface area contributed by atoms with Crippen LogP contribution in [0.2, 0.25) is 0 Å². The van der Waals surface area contributed by atoms with E-state index in [2.05, 4.69) is 5.32 Å². The van der Waals surface area contributed by atoms with Gasteiger partial charge in [-0.15, -0.1) is 11.8 Å². The smallest absolute Gasteiger partial charge is 0.338 e. The van der Waals surface area contributed by atoms with Crippen LogP contribution in [0.15, 0.2) is 103 Å². The highest BCUT2D eigenvalue weighted by Gasteiger charge is 2.51. The van der Waals surface area contributed by atoms with Crippen molar-refractivity contribution in [2.75, 3.05) is 11.1 Å². The maximum Gasteiger partial charge on any atom is 0.338 e. The van der Waals surface area contributed by atoms with Crippen LogP contribution in [0.1, 0.15) is 34.1 Å². The second-order valence-corrected chi connectivity index (χ2v) is 11.6. The van der Waals surface area contributed by atoms with E-state index in [1.54, 1.807) is 60.7 Å². The number of ether oxygens (including phenoxy) is 3. The van der Waals surface area contributed by atoms with Crippen molar-refractivity contribution >= 4 is 57.0 Å². The minimum Gasteiger partial charge on any atom is -0.452 e. The van der Waals surface area contributed by atoms with Crippen molar-refractivity contribution in [2.45, 2.75) is 43.1 Å². The first-order valence-corrected chi connectivity index (χ1v) is 15.1. The topological polar surface area (TPSA) is 90.9 Å². The number of benzene rings is 4. The zero-order chi connectivity index (χ0) is 29.5. The van der Waals surface area contributed by atoms with Crippen molar-refractivity contribution in [1.29, 1.82) is 0 Å². The number of rotatable bonds is 10. The summed E-state index contributed by atoms with van der Waals surface area (Å²) in [4.78, 5) is 38.9. The predicted molar refractivity (Wildman–Crippen MR) is 165 cm³/mol. The van der Waals surface area contributed by atoms with Gasteiger partial charge in [-0.25, -0.2) is 9.59 Å². The van der Waals surface area contributed by atoms with E-state index in [4.69, 9.17) is 25.8 Å². The van der Waals surface area contributed by atoms with Gasteiger partial charge in [-0.3, -0.25) is 4.79 Å². The Balaban J connectivity index is 1.55. The number of carbonyl (C=O) groups is 3. The van der Waals surface area contributed by atoms with Gasteiger partial charge in [-0.1, -0.05) is 73.7 Å². The second kappa shape index (κ2) is 13.9. The van der Waals surface area contributed by atoms with Crippen LogP contribution in [0.5, 0.6) is 0 Å². The molecule has 1 fully saturated rings. The number of halogens is 1. The molecule has 1 heterocycles. The lowest BCUT2D eigenvalue weighted by Crippen LogP contribution is -2.62. The first-order chi connectivity index (χ1) is 20.4. The summed E-state index contributed by atoms with van der Waals surface area (Å²) in [6.07, 6.45) is -3.36. The van der Waals surface area contributed by atoms with Crippen LogP contribution >= 0.6 is 23.4 Å². The van der Waals surface area contributed by atoms with Crippen LogP contribution < -0.4 is 5.32 Å². The van der Waals surface area contributed by atoms with Crippen molar-refractivity contribution in [2.24, 2.45) is 0 Å². The van der Waals surface area contributed by atoms with Crippen LogP contribution in [-0.4, -0.2) is 52.7 Å². The molecule has 7 nitrogen and oxygen atoms in total. The van der Waals surface area contributed by atoms with Crippen molar-refractivity contribution in [3.8, 4) is 0 Å². The monoisotopic (exact) mass is 603 g/mol. The molecule has 0 unspecified atom stereocenters. The molecule has 216 valence electrons. The summed E-state index contributed by atoms with van der Waals surface area (Å²) in [5.41, 5.74) is 0.851. The fourth-order valence-electron chi connectivity index (χ4n) is 4.97. The van der Waals surface area contributed by atoms with E-state index >= 15 is 0 Å². The Kier molecular flexibility index (Phi) is 9.79. The normalized spacial score (nSPS) is 21.8. The highest BCUT2D eigenvalue weighted by atomic mass is 35.5. The fraction of sp³-hybridized carbons (Fsp3) is 0.242. The molecule has 5 rings (SSSR count). The first-order valence-electron chi connectivity index (χ1n) is 13.7. The van der Waals surface area contributed by atoms with Gasteiger partial charge in [0.2, 0.25) is 5.24 Å². The molecule has 9 heteroatoms. The molecule has 0 radical (unpaired) electrons. The lowest BCUT2D eigenvalue weighted by Gasteiger charge is -2.45. The Hall–Kier alpha value is -3.85. The number of thioether (sulfide) groups is 1. The van der Waals surface area contributed by atoms with Gasteiger partial charge < -0.3 is 19.5 Å².